The van der Waals surface area contributed by atoms with Gasteiger partial charge in [0, 0.05) is 10.0 Å². The van der Waals surface area contributed by atoms with Crippen LogP contribution < -0.4 is 10.5 Å². The van der Waals surface area contributed by atoms with Gasteiger partial charge in [-0.15, -0.1) is 0 Å². The third-order valence-corrected chi connectivity index (χ3v) is 5.08. The van der Waals surface area contributed by atoms with Crippen molar-refractivity contribution >= 4 is 15.9 Å². The molecule has 0 radical (unpaired) electrons. The average Bonchev–Trinajstić information content (AvgIpc) is 2.42. The smallest absolute Gasteiger partial charge is 0.122 e. The minimum Gasteiger partial charge on any atom is -0.496 e. The molecule has 0 bridgehead atoms. The van der Waals surface area contributed by atoms with Gasteiger partial charge in [0.2, 0.25) is 0 Å². The van der Waals surface area contributed by atoms with Crippen molar-refractivity contribution < 1.29 is 4.74 Å². The van der Waals surface area contributed by atoms with E-state index in [1.54, 1.807) is 7.11 Å². The molecule has 1 aliphatic carbocycles. The fraction of sp³-hybridized carbons (Fsp3) is 0.647. The van der Waals surface area contributed by atoms with Gasteiger partial charge in [-0.3, -0.25) is 0 Å². The maximum Gasteiger partial charge on any atom is 0.122 e. The molecule has 20 heavy (non-hydrogen) atoms. The van der Waals surface area contributed by atoms with E-state index in [1.807, 2.05) is 12.1 Å². The maximum atomic E-state index is 6.65. The molecular weight excluding hydrogens is 314 g/mol. The molecule has 0 amide bonds. The van der Waals surface area contributed by atoms with Crippen molar-refractivity contribution in [3.05, 3.63) is 28.2 Å². The van der Waals surface area contributed by atoms with Crippen LogP contribution in [0.4, 0.5) is 0 Å². The van der Waals surface area contributed by atoms with Gasteiger partial charge in [-0.25, -0.2) is 0 Å². The van der Waals surface area contributed by atoms with Crippen molar-refractivity contribution in [1.29, 1.82) is 0 Å². The molecule has 0 spiro atoms. The average molecular weight is 340 g/mol. The van der Waals surface area contributed by atoms with E-state index in [0.29, 0.717) is 0 Å². The summed E-state index contributed by atoms with van der Waals surface area (Å²) in [5.74, 6) is 1.84. The largest absolute Gasteiger partial charge is 0.496 e. The molecule has 1 fully saturated rings. The molecular formula is C17H26BrNO. The van der Waals surface area contributed by atoms with Gasteiger partial charge in [-0.05, 0) is 61.8 Å². The zero-order valence-corrected chi connectivity index (χ0v) is 14.2. The number of rotatable bonds is 5. The van der Waals surface area contributed by atoms with Crippen molar-refractivity contribution in [2.75, 3.05) is 7.11 Å². The van der Waals surface area contributed by atoms with Gasteiger partial charge in [0.05, 0.1) is 7.11 Å². The molecule has 1 aliphatic rings. The van der Waals surface area contributed by atoms with Gasteiger partial charge < -0.3 is 10.5 Å². The molecule has 0 aliphatic heterocycles. The lowest BCUT2D eigenvalue weighted by atomic mass is 9.73. The summed E-state index contributed by atoms with van der Waals surface area (Å²) in [7, 11) is 1.73. The van der Waals surface area contributed by atoms with Gasteiger partial charge >= 0.3 is 0 Å². The first kappa shape index (κ1) is 15.8. The third-order valence-electron chi connectivity index (χ3n) is 4.58. The van der Waals surface area contributed by atoms with Crippen molar-refractivity contribution in [2.24, 2.45) is 11.7 Å². The fourth-order valence-corrected chi connectivity index (χ4v) is 3.80. The molecule has 0 aromatic heterocycles. The maximum absolute atomic E-state index is 6.65. The van der Waals surface area contributed by atoms with Gasteiger partial charge in [0.1, 0.15) is 5.75 Å². The summed E-state index contributed by atoms with van der Waals surface area (Å²) in [4.78, 5) is 0. The van der Waals surface area contributed by atoms with E-state index in [-0.39, 0.29) is 5.54 Å². The summed E-state index contributed by atoms with van der Waals surface area (Å²) in [6, 6.07) is 6.18. The minimum atomic E-state index is -0.0572. The van der Waals surface area contributed by atoms with Crippen LogP contribution in [0.5, 0.6) is 5.75 Å². The molecule has 1 aromatic carbocycles. The molecule has 0 heterocycles. The van der Waals surface area contributed by atoms with E-state index in [2.05, 4.69) is 28.9 Å². The summed E-state index contributed by atoms with van der Waals surface area (Å²) in [5.41, 5.74) is 7.82. The van der Waals surface area contributed by atoms with Crippen LogP contribution in [0.3, 0.4) is 0 Å². The number of benzene rings is 1. The minimum absolute atomic E-state index is 0.0572. The number of ether oxygens (including phenoxy) is 1. The summed E-state index contributed by atoms with van der Waals surface area (Å²) in [5, 5.41) is 0. The van der Waals surface area contributed by atoms with Crippen LogP contribution in [0.1, 0.15) is 51.0 Å². The van der Waals surface area contributed by atoms with Gasteiger partial charge in [-0.2, -0.15) is 0 Å². The normalized spacial score (nSPS) is 26.5. The number of halogens is 1. The van der Waals surface area contributed by atoms with Crippen LogP contribution in [0.15, 0.2) is 22.7 Å². The Morgan fingerprint density at radius 3 is 2.65 bits per heavy atom. The number of hydrogen-bond acceptors (Lipinski definition) is 2. The second-order valence-corrected chi connectivity index (χ2v) is 7.14. The molecule has 0 saturated heterocycles. The predicted molar refractivity (Wildman–Crippen MR) is 88.2 cm³/mol. The topological polar surface area (TPSA) is 35.2 Å². The zero-order chi connectivity index (χ0) is 14.6. The highest BCUT2D eigenvalue weighted by molar-refractivity contribution is 9.10. The van der Waals surface area contributed by atoms with Crippen LogP contribution in [0.2, 0.25) is 0 Å². The molecule has 0 unspecified atom stereocenters. The zero-order valence-electron chi connectivity index (χ0n) is 12.6. The van der Waals surface area contributed by atoms with Gasteiger partial charge in [0.25, 0.3) is 0 Å². The Morgan fingerprint density at radius 2 is 2.05 bits per heavy atom. The SMILES string of the molecule is CCCC1CCC(N)(Cc2cc(Br)ccc2OC)CC1. The van der Waals surface area contributed by atoms with Crippen molar-refractivity contribution in [3.63, 3.8) is 0 Å². The van der Waals surface area contributed by atoms with E-state index in [0.717, 1.165) is 35.4 Å². The molecule has 112 valence electrons. The molecule has 2 rings (SSSR count). The first-order valence-corrected chi connectivity index (χ1v) is 8.47. The van der Waals surface area contributed by atoms with E-state index >= 15 is 0 Å². The number of methoxy groups -OCH3 is 1. The number of hydrogen-bond donors (Lipinski definition) is 1. The monoisotopic (exact) mass is 339 g/mol. The molecule has 2 nitrogen and oxygen atoms in total. The van der Waals surface area contributed by atoms with Gasteiger partial charge in [0.15, 0.2) is 0 Å². The van der Waals surface area contributed by atoms with Crippen LogP contribution >= 0.6 is 15.9 Å². The van der Waals surface area contributed by atoms with Crippen LogP contribution in [0.25, 0.3) is 0 Å². The highest BCUT2D eigenvalue weighted by Crippen LogP contribution is 2.36. The van der Waals surface area contributed by atoms with Crippen molar-refractivity contribution in [2.45, 2.75) is 57.4 Å². The molecule has 3 heteroatoms. The van der Waals surface area contributed by atoms with Crippen LogP contribution in [0, 0.1) is 5.92 Å². The first-order chi connectivity index (χ1) is 9.56. The number of nitrogens with two attached hydrogens (primary N) is 1. The lowest BCUT2D eigenvalue weighted by Gasteiger charge is -2.37. The highest BCUT2D eigenvalue weighted by Gasteiger charge is 2.32. The Kier molecular flexibility index (Phi) is 5.50. The standard InChI is InChI=1S/C17H26BrNO/c1-3-4-13-7-9-17(19,10-8-13)12-14-11-15(18)5-6-16(14)20-2/h5-6,11,13H,3-4,7-10,12,19H2,1-2H3. The molecule has 1 saturated carbocycles. The summed E-state index contributed by atoms with van der Waals surface area (Å²) in [6.07, 6.45) is 8.38. The second kappa shape index (κ2) is 6.95. The summed E-state index contributed by atoms with van der Waals surface area (Å²) >= 11 is 3.54. The quantitative estimate of drug-likeness (QED) is 0.844. The molecule has 2 N–H and O–H groups in total. The lowest BCUT2D eigenvalue weighted by molar-refractivity contribution is 0.222. The van der Waals surface area contributed by atoms with E-state index < -0.39 is 0 Å². The fourth-order valence-electron chi connectivity index (χ4n) is 3.39. The van der Waals surface area contributed by atoms with Crippen molar-refractivity contribution in [3.8, 4) is 5.75 Å². The highest BCUT2D eigenvalue weighted by atomic mass is 79.9. The first-order valence-electron chi connectivity index (χ1n) is 7.67. The predicted octanol–water partition coefficient (Wildman–Crippen LogP) is 4.69. The van der Waals surface area contributed by atoms with E-state index in [9.17, 15) is 0 Å². The van der Waals surface area contributed by atoms with Crippen molar-refractivity contribution in [1.82, 2.24) is 0 Å². The van der Waals surface area contributed by atoms with Crippen LogP contribution in [-0.4, -0.2) is 12.6 Å². The van der Waals surface area contributed by atoms with Crippen LogP contribution in [-0.2, 0) is 6.42 Å². The Morgan fingerprint density at radius 1 is 1.35 bits per heavy atom. The molecule has 1 aromatic rings. The summed E-state index contributed by atoms with van der Waals surface area (Å²) in [6.45, 7) is 2.27. The molecule has 0 atom stereocenters. The third kappa shape index (κ3) is 3.98. The lowest BCUT2D eigenvalue weighted by Crippen LogP contribution is -2.45. The van der Waals surface area contributed by atoms with E-state index in [1.165, 1.54) is 31.2 Å². The Hall–Kier alpha value is -0.540. The Balaban J connectivity index is 2.04. The second-order valence-electron chi connectivity index (χ2n) is 6.23. The Labute approximate surface area is 131 Å². The van der Waals surface area contributed by atoms with E-state index in [4.69, 9.17) is 10.5 Å². The Bertz CT molecular complexity index is 439. The van der Waals surface area contributed by atoms with Gasteiger partial charge in [-0.1, -0.05) is 35.7 Å². The summed E-state index contributed by atoms with van der Waals surface area (Å²) < 4.78 is 6.56.